The molecular formula is C10H20N2O2. The van der Waals surface area contributed by atoms with Crippen molar-refractivity contribution in [3.8, 4) is 0 Å². The van der Waals surface area contributed by atoms with E-state index in [0.29, 0.717) is 0 Å². The Kier molecular flexibility index (Phi) is 4.20. The molecule has 0 heterocycles. The van der Waals surface area contributed by atoms with Gasteiger partial charge in [-0.2, -0.15) is 0 Å². The molecule has 4 nitrogen and oxygen atoms in total. The first-order chi connectivity index (χ1) is 6.58. The largest absolute Gasteiger partial charge is 0.465 e. The molecule has 0 atom stereocenters. The maximum Gasteiger partial charge on any atom is 0.404 e. The predicted octanol–water partition coefficient (Wildman–Crippen LogP) is 1.37. The van der Waals surface area contributed by atoms with Crippen molar-refractivity contribution in [3.05, 3.63) is 0 Å². The fourth-order valence-electron chi connectivity index (χ4n) is 2.18. The van der Waals surface area contributed by atoms with Gasteiger partial charge in [-0.3, -0.25) is 0 Å². The third kappa shape index (κ3) is 3.96. The molecule has 1 fully saturated rings. The van der Waals surface area contributed by atoms with Gasteiger partial charge in [-0.1, -0.05) is 0 Å². The first kappa shape index (κ1) is 11.3. The highest BCUT2D eigenvalue weighted by Crippen LogP contribution is 2.24. The summed E-state index contributed by atoms with van der Waals surface area (Å²) < 4.78 is 0. The van der Waals surface area contributed by atoms with Crippen molar-refractivity contribution in [3.63, 3.8) is 0 Å². The quantitative estimate of drug-likeness (QED) is 0.723. The molecule has 1 amide bonds. The number of carboxylic acid groups (broad SMARTS) is 1. The Bertz CT molecular complexity index is 187. The third-order valence-corrected chi connectivity index (χ3v) is 2.80. The summed E-state index contributed by atoms with van der Waals surface area (Å²) in [7, 11) is 4.17. The zero-order valence-corrected chi connectivity index (χ0v) is 8.99. The highest BCUT2D eigenvalue weighted by molar-refractivity contribution is 5.64. The van der Waals surface area contributed by atoms with E-state index in [1.165, 1.54) is 0 Å². The van der Waals surface area contributed by atoms with E-state index in [1.54, 1.807) is 0 Å². The van der Waals surface area contributed by atoms with E-state index in [9.17, 15) is 4.79 Å². The Balaban J connectivity index is 2.21. The topological polar surface area (TPSA) is 52.6 Å². The molecule has 2 N–H and O–H groups in total. The number of hydrogen-bond donors (Lipinski definition) is 2. The lowest BCUT2D eigenvalue weighted by molar-refractivity contribution is 0.178. The molecule has 1 aliphatic carbocycles. The van der Waals surface area contributed by atoms with Crippen molar-refractivity contribution >= 4 is 6.09 Å². The second-order valence-electron chi connectivity index (χ2n) is 4.43. The minimum atomic E-state index is -0.888. The third-order valence-electron chi connectivity index (χ3n) is 2.80. The Morgan fingerprint density at radius 3 is 2.36 bits per heavy atom. The maximum atomic E-state index is 10.4. The second-order valence-corrected chi connectivity index (χ2v) is 4.43. The van der Waals surface area contributed by atoms with Crippen LogP contribution in [-0.2, 0) is 0 Å². The second kappa shape index (κ2) is 5.20. The van der Waals surface area contributed by atoms with Gasteiger partial charge >= 0.3 is 6.09 Å². The molecule has 0 radical (unpaired) electrons. The summed E-state index contributed by atoms with van der Waals surface area (Å²) in [6.07, 6.45) is 3.38. The highest BCUT2D eigenvalue weighted by Gasteiger charge is 2.22. The van der Waals surface area contributed by atoms with E-state index < -0.39 is 6.09 Å². The lowest BCUT2D eigenvalue weighted by Gasteiger charge is -2.29. The van der Waals surface area contributed by atoms with Crippen molar-refractivity contribution < 1.29 is 9.90 Å². The average molecular weight is 200 g/mol. The molecular weight excluding hydrogens is 180 g/mol. The van der Waals surface area contributed by atoms with Gasteiger partial charge in [0.2, 0.25) is 0 Å². The SMILES string of the molecule is CN(C)CC1CCC(NC(=O)O)CC1. The number of rotatable bonds is 3. The van der Waals surface area contributed by atoms with Gasteiger partial charge in [-0.05, 0) is 45.7 Å². The Morgan fingerprint density at radius 2 is 1.93 bits per heavy atom. The van der Waals surface area contributed by atoms with Gasteiger partial charge in [0.25, 0.3) is 0 Å². The normalized spacial score (nSPS) is 27.6. The maximum absolute atomic E-state index is 10.4. The highest BCUT2D eigenvalue weighted by atomic mass is 16.4. The summed E-state index contributed by atoms with van der Waals surface area (Å²) >= 11 is 0. The molecule has 1 rings (SSSR count). The first-order valence-electron chi connectivity index (χ1n) is 5.22. The lowest BCUT2D eigenvalue weighted by atomic mass is 9.86. The van der Waals surface area contributed by atoms with Crippen LogP contribution < -0.4 is 5.32 Å². The van der Waals surface area contributed by atoms with Gasteiger partial charge in [0.15, 0.2) is 0 Å². The molecule has 1 aliphatic rings. The van der Waals surface area contributed by atoms with Crippen LogP contribution in [0.1, 0.15) is 25.7 Å². The molecule has 4 heteroatoms. The molecule has 0 aromatic heterocycles. The van der Waals surface area contributed by atoms with Crippen LogP contribution in [0.2, 0.25) is 0 Å². The molecule has 0 unspecified atom stereocenters. The molecule has 82 valence electrons. The van der Waals surface area contributed by atoms with E-state index in [4.69, 9.17) is 5.11 Å². The van der Waals surface area contributed by atoms with Crippen molar-refractivity contribution in [2.75, 3.05) is 20.6 Å². The fourth-order valence-corrected chi connectivity index (χ4v) is 2.18. The van der Waals surface area contributed by atoms with Gasteiger partial charge in [-0.25, -0.2) is 4.79 Å². The number of nitrogens with one attached hydrogen (secondary N) is 1. The summed E-state index contributed by atoms with van der Waals surface area (Å²) in [5.74, 6) is 0.747. The van der Waals surface area contributed by atoms with Crippen LogP contribution in [0, 0.1) is 5.92 Å². The number of hydrogen-bond acceptors (Lipinski definition) is 2. The smallest absolute Gasteiger partial charge is 0.404 e. The van der Waals surface area contributed by atoms with E-state index >= 15 is 0 Å². The zero-order chi connectivity index (χ0) is 10.6. The van der Waals surface area contributed by atoms with E-state index in [1.807, 2.05) is 0 Å². The van der Waals surface area contributed by atoms with Gasteiger partial charge in [-0.15, -0.1) is 0 Å². The van der Waals surface area contributed by atoms with E-state index in [-0.39, 0.29) is 6.04 Å². The molecule has 1 saturated carbocycles. The Morgan fingerprint density at radius 1 is 1.36 bits per heavy atom. The minimum Gasteiger partial charge on any atom is -0.465 e. The number of amides is 1. The van der Waals surface area contributed by atoms with Crippen molar-refractivity contribution in [2.24, 2.45) is 5.92 Å². The number of carbonyl (C=O) groups is 1. The van der Waals surface area contributed by atoms with Crippen LogP contribution in [0.5, 0.6) is 0 Å². The van der Waals surface area contributed by atoms with Gasteiger partial charge in [0.1, 0.15) is 0 Å². The summed E-state index contributed by atoms with van der Waals surface area (Å²) in [6.45, 7) is 1.12. The lowest BCUT2D eigenvalue weighted by Crippen LogP contribution is -2.38. The monoisotopic (exact) mass is 200 g/mol. The zero-order valence-electron chi connectivity index (χ0n) is 8.99. The molecule has 14 heavy (non-hydrogen) atoms. The molecule has 0 saturated heterocycles. The molecule has 0 aliphatic heterocycles. The predicted molar refractivity (Wildman–Crippen MR) is 55.5 cm³/mol. The van der Waals surface area contributed by atoms with Gasteiger partial charge < -0.3 is 15.3 Å². The average Bonchev–Trinajstić information content (AvgIpc) is 2.06. The molecule has 0 aromatic rings. The van der Waals surface area contributed by atoms with Crippen molar-refractivity contribution in [2.45, 2.75) is 31.7 Å². The van der Waals surface area contributed by atoms with Crippen LogP contribution in [0.25, 0.3) is 0 Å². The standard InChI is InChI=1S/C10H20N2O2/c1-12(2)7-8-3-5-9(6-4-8)11-10(13)14/h8-9,11H,3-7H2,1-2H3,(H,13,14). The van der Waals surface area contributed by atoms with Gasteiger partial charge in [0, 0.05) is 12.6 Å². The van der Waals surface area contributed by atoms with Crippen LogP contribution >= 0.6 is 0 Å². The molecule has 0 aromatic carbocycles. The van der Waals surface area contributed by atoms with Crippen LogP contribution in [-0.4, -0.2) is 42.8 Å². The Labute approximate surface area is 85.3 Å². The fraction of sp³-hybridized carbons (Fsp3) is 0.900. The molecule has 0 spiro atoms. The molecule has 0 bridgehead atoms. The van der Waals surface area contributed by atoms with Crippen LogP contribution in [0.15, 0.2) is 0 Å². The summed E-state index contributed by atoms with van der Waals surface area (Å²) in [5.41, 5.74) is 0. The van der Waals surface area contributed by atoms with Crippen LogP contribution in [0.4, 0.5) is 4.79 Å². The van der Waals surface area contributed by atoms with E-state index in [0.717, 1.165) is 38.1 Å². The first-order valence-corrected chi connectivity index (χ1v) is 5.22. The summed E-state index contributed by atoms with van der Waals surface area (Å²) in [4.78, 5) is 12.6. The van der Waals surface area contributed by atoms with Crippen LogP contribution in [0.3, 0.4) is 0 Å². The summed E-state index contributed by atoms with van der Waals surface area (Å²) in [5, 5.41) is 11.1. The van der Waals surface area contributed by atoms with Crippen molar-refractivity contribution in [1.82, 2.24) is 10.2 Å². The van der Waals surface area contributed by atoms with Crippen molar-refractivity contribution in [1.29, 1.82) is 0 Å². The van der Waals surface area contributed by atoms with E-state index in [2.05, 4.69) is 24.3 Å². The van der Waals surface area contributed by atoms with Gasteiger partial charge in [0.05, 0.1) is 0 Å². The summed E-state index contributed by atoms with van der Waals surface area (Å²) in [6, 6.07) is 0.186. The minimum absolute atomic E-state index is 0.186. The Hall–Kier alpha value is -0.770. The number of nitrogens with zero attached hydrogens (tertiary/aromatic N) is 1.